The summed E-state index contributed by atoms with van der Waals surface area (Å²) in [4.78, 5) is 26.0. The monoisotopic (exact) mass is 262 g/mol. The molecule has 19 heavy (non-hydrogen) atoms. The average molecular weight is 262 g/mol. The van der Waals surface area contributed by atoms with Crippen LogP contribution in [-0.2, 0) is 9.59 Å². The number of nitrogens with zero attached hydrogens (tertiary/aromatic N) is 1. The molecular formula is C14H18N2O3. The number of carbonyl (C=O) groups excluding carboxylic acids is 2. The zero-order valence-electron chi connectivity index (χ0n) is 10.8. The summed E-state index contributed by atoms with van der Waals surface area (Å²) in [5.41, 5.74) is 0. The smallest absolute Gasteiger partial charge is 0.230 e. The molecule has 2 amide bonds. The number of likely N-dealkylation sites (tertiary alicyclic amines) is 1. The maximum absolute atomic E-state index is 12.2. The second-order valence-corrected chi connectivity index (χ2v) is 5.28. The number of amides is 2. The van der Waals surface area contributed by atoms with E-state index in [9.17, 15) is 9.59 Å². The van der Waals surface area contributed by atoms with Crippen molar-refractivity contribution in [1.29, 1.82) is 0 Å². The fourth-order valence-corrected chi connectivity index (χ4v) is 3.02. The lowest BCUT2D eigenvalue weighted by molar-refractivity contribution is -0.152. The van der Waals surface area contributed by atoms with Crippen molar-refractivity contribution in [2.75, 3.05) is 13.1 Å². The lowest BCUT2D eigenvalue weighted by Crippen LogP contribution is -2.53. The van der Waals surface area contributed by atoms with Gasteiger partial charge in [-0.25, -0.2) is 0 Å². The van der Waals surface area contributed by atoms with Crippen LogP contribution >= 0.6 is 0 Å². The number of hydrogen-bond donors (Lipinski definition) is 1. The van der Waals surface area contributed by atoms with E-state index in [2.05, 4.69) is 5.32 Å². The molecule has 1 N–H and O–H groups in total. The summed E-state index contributed by atoms with van der Waals surface area (Å²) in [5.74, 6) is 0.517. The van der Waals surface area contributed by atoms with E-state index >= 15 is 0 Å². The molecular weight excluding hydrogens is 244 g/mol. The van der Waals surface area contributed by atoms with Crippen LogP contribution < -0.4 is 5.32 Å². The Morgan fingerprint density at radius 3 is 2.63 bits per heavy atom. The Hall–Kier alpha value is -1.62. The lowest BCUT2D eigenvalue weighted by atomic mass is 9.91. The highest BCUT2D eigenvalue weighted by Crippen LogP contribution is 2.31. The SMILES string of the molecule is O=C1CC(c2ccco2)CC(=O)N1C1CCCNC1. The molecule has 0 spiro atoms. The molecule has 1 atom stereocenters. The van der Waals surface area contributed by atoms with Gasteiger partial charge in [-0.15, -0.1) is 0 Å². The van der Waals surface area contributed by atoms with Crippen LogP contribution in [0.1, 0.15) is 37.4 Å². The van der Waals surface area contributed by atoms with Crippen molar-refractivity contribution in [3.8, 4) is 0 Å². The molecule has 1 unspecified atom stereocenters. The summed E-state index contributed by atoms with van der Waals surface area (Å²) in [7, 11) is 0. The predicted molar refractivity (Wildman–Crippen MR) is 68.4 cm³/mol. The van der Waals surface area contributed by atoms with Crippen molar-refractivity contribution in [2.45, 2.75) is 37.6 Å². The van der Waals surface area contributed by atoms with E-state index in [0.717, 1.165) is 31.7 Å². The maximum Gasteiger partial charge on any atom is 0.230 e. The third kappa shape index (κ3) is 2.42. The minimum absolute atomic E-state index is 0.0336. The Bertz CT molecular complexity index is 445. The first kappa shape index (κ1) is 12.4. The Balaban J connectivity index is 1.72. The van der Waals surface area contributed by atoms with Crippen molar-refractivity contribution < 1.29 is 14.0 Å². The quantitative estimate of drug-likeness (QED) is 0.815. The topological polar surface area (TPSA) is 62.6 Å². The average Bonchev–Trinajstić information content (AvgIpc) is 2.93. The van der Waals surface area contributed by atoms with Gasteiger partial charge in [0.25, 0.3) is 0 Å². The van der Waals surface area contributed by atoms with Gasteiger partial charge in [0.2, 0.25) is 11.8 Å². The van der Waals surface area contributed by atoms with Gasteiger partial charge in [0, 0.05) is 25.3 Å². The fourth-order valence-electron chi connectivity index (χ4n) is 3.02. The molecule has 2 aliphatic rings. The van der Waals surface area contributed by atoms with Gasteiger partial charge in [-0.3, -0.25) is 14.5 Å². The molecule has 2 aliphatic heterocycles. The molecule has 102 valence electrons. The van der Waals surface area contributed by atoms with Crippen LogP contribution in [0, 0.1) is 0 Å². The molecule has 1 aromatic rings. The fraction of sp³-hybridized carbons (Fsp3) is 0.571. The summed E-state index contributed by atoms with van der Waals surface area (Å²) in [6.07, 6.45) is 4.26. The number of hydrogen-bond acceptors (Lipinski definition) is 4. The first-order chi connectivity index (χ1) is 9.25. The van der Waals surface area contributed by atoms with Gasteiger partial charge >= 0.3 is 0 Å². The summed E-state index contributed by atoms with van der Waals surface area (Å²) >= 11 is 0. The molecule has 5 nitrogen and oxygen atoms in total. The Morgan fingerprint density at radius 1 is 1.26 bits per heavy atom. The van der Waals surface area contributed by atoms with Gasteiger partial charge in [0.1, 0.15) is 5.76 Å². The summed E-state index contributed by atoms with van der Waals surface area (Å²) < 4.78 is 5.32. The molecule has 2 fully saturated rings. The third-order valence-corrected chi connectivity index (χ3v) is 3.96. The highest BCUT2D eigenvalue weighted by atomic mass is 16.3. The van der Waals surface area contributed by atoms with Gasteiger partial charge in [-0.1, -0.05) is 0 Å². The lowest BCUT2D eigenvalue weighted by Gasteiger charge is -2.37. The zero-order valence-corrected chi connectivity index (χ0v) is 10.8. The number of piperidine rings is 2. The Morgan fingerprint density at radius 2 is 2.05 bits per heavy atom. The van der Waals surface area contributed by atoms with Crippen LogP contribution in [0.5, 0.6) is 0 Å². The minimum Gasteiger partial charge on any atom is -0.469 e. The molecule has 3 rings (SSSR count). The molecule has 0 radical (unpaired) electrons. The molecule has 0 aliphatic carbocycles. The number of furan rings is 1. The molecule has 5 heteroatoms. The van der Waals surface area contributed by atoms with E-state index in [-0.39, 0.29) is 23.8 Å². The van der Waals surface area contributed by atoms with E-state index in [0.29, 0.717) is 12.8 Å². The van der Waals surface area contributed by atoms with E-state index in [1.165, 1.54) is 4.90 Å². The third-order valence-electron chi connectivity index (χ3n) is 3.96. The number of carbonyl (C=O) groups is 2. The molecule has 0 aromatic carbocycles. The normalized spacial score (nSPS) is 25.9. The van der Waals surface area contributed by atoms with Crippen LogP contribution in [0.3, 0.4) is 0 Å². The van der Waals surface area contributed by atoms with Gasteiger partial charge < -0.3 is 9.73 Å². The standard InChI is InChI=1S/C14H18N2O3/c17-13-7-10(12-4-2-6-19-12)8-14(18)16(13)11-3-1-5-15-9-11/h2,4,6,10-11,15H,1,3,5,7-9H2. The summed E-state index contributed by atoms with van der Waals surface area (Å²) in [5, 5.41) is 3.25. The van der Waals surface area contributed by atoms with E-state index in [1.807, 2.05) is 6.07 Å². The molecule has 0 bridgehead atoms. The zero-order chi connectivity index (χ0) is 13.2. The summed E-state index contributed by atoms with van der Waals surface area (Å²) in [6.45, 7) is 1.70. The highest BCUT2D eigenvalue weighted by Gasteiger charge is 2.38. The second kappa shape index (κ2) is 5.17. The molecule has 3 heterocycles. The van der Waals surface area contributed by atoms with E-state index in [1.54, 1.807) is 12.3 Å². The second-order valence-electron chi connectivity index (χ2n) is 5.28. The molecule has 1 aromatic heterocycles. The van der Waals surface area contributed by atoms with E-state index < -0.39 is 0 Å². The first-order valence-electron chi connectivity index (χ1n) is 6.84. The molecule has 0 saturated carbocycles. The van der Waals surface area contributed by atoms with Crippen LogP contribution in [-0.4, -0.2) is 35.8 Å². The number of imide groups is 1. The van der Waals surface area contributed by atoms with Crippen LogP contribution in [0.2, 0.25) is 0 Å². The van der Waals surface area contributed by atoms with Crippen molar-refractivity contribution in [3.63, 3.8) is 0 Å². The van der Waals surface area contributed by atoms with E-state index in [4.69, 9.17) is 4.42 Å². The van der Waals surface area contributed by atoms with Gasteiger partial charge in [-0.2, -0.15) is 0 Å². The van der Waals surface area contributed by atoms with Crippen LogP contribution in [0.4, 0.5) is 0 Å². The van der Waals surface area contributed by atoms with Crippen molar-refractivity contribution in [1.82, 2.24) is 10.2 Å². The number of nitrogens with one attached hydrogen (secondary N) is 1. The van der Waals surface area contributed by atoms with Gasteiger partial charge in [0.05, 0.1) is 12.3 Å². The van der Waals surface area contributed by atoms with Crippen molar-refractivity contribution >= 4 is 11.8 Å². The van der Waals surface area contributed by atoms with Crippen molar-refractivity contribution in [3.05, 3.63) is 24.2 Å². The first-order valence-corrected chi connectivity index (χ1v) is 6.84. The Labute approximate surface area is 111 Å². The number of rotatable bonds is 2. The Kier molecular flexibility index (Phi) is 3.38. The molecule has 2 saturated heterocycles. The van der Waals surface area contributed by atoms with Crippen LogP contribution in [0.25, 0.3) is 0 Å². The minimum atomic E-state index is -0.0946. The maximum atomic E-state index is 12.2. The van der Waals surface area contributed by atoms with Gasteiger partial charge in [-0.05, 0) is 31.5 Å². The highest BCUT2D eigenvalue weighted by molar-refractivity contribution is 5.99. The van der Waals surface area contributed by atoms with Crippen LogP contribution in [0.15, 0.2) is 22.8 Å². The predicted octanol–water partition coefficient (Wildman–Crippen LogP) is 1.26. The van der Waals surface area contributed by atoms with Gasteiger partial charge in [0.15, 0.2) is 0 Å². The largest absolute Gasteiger partial charge is 0.469 e. The summed E-state index contributed by atoms with van der Waals surface area (Å²) in [6, 6.07) is 3.66. The van der Waals surface area contributed by atoms with Crippen molar-refractivity contribution in [2.24, 2.45) is 0 Å².